The first kappa shape index (κ1) is 41.4. The van der Waals surface area contributed by atoms with Gasteiger partial charge < -0.3 is 52.3 Å². The van der Waals surface area contributed by atoms with Crippen LogP contribution in [0.1, 0.15) is 0 Å². The molecule has 4 rings (SSSR count). The second-order valence-corrected chi connectivity index (χ2v) is 11.5. The third-order valence-corrected chi connectivity index (χ3v) is 7.54. The molecule has 0 amide bonds. The second-order valence-electron chi connectivity index (χ2n) is 11.5. The van der Waals surface area contributed by atoms with Crippen LogP contribution in [-0.2, 0) is 28.4 Å². The molecule has 0 atom stereocenters. The van der Waals surface area contributed by atoms with Crippen LogP contribution in [0.25, 0.3) is 0 Å². The van der Waals surface area contributed by atoms with E-state index in [9.17, 15) is 0 Å². The van der Waals surface area contributed by atoms with Crippen molar-refractivity contribution in [3.8, 4) is 23.0 Å². The lowest BCUT2D eigenvalue weighted by Gasteiger charge is -2.25. The van der Waals surface area contributed by atoms with Gasteiger partial charge in [0, 0.05) is 18.8 Å². The smallest absolute Gasteiger partial charge is 0.119 e. The topological polar surface area (TPSA) is 95.5 Å². The number of nitrogens with zero attached hydrogens (tertiary/aromatic N) is 1. The number of hydrogen-bond donors (Lipinski definition) is 0. The standard InChI is InChI=1S/C42H55NO10/c1-4-10-39(11-5-1)50-34-30-46-26-24-44-22-20-43(21-23-45-25-27-47-31-35-51-40-12-6-2-7-13-40)38-16-18-42(19-17-38)53-37-33-49-29-28-48-32-36-52-41-14-8-3-9-15-41/h1-19H,20-37H2. The SMILES string of the molecule is c1ccc(OCCOCCOCCOc2ccc(N(CCOCCOCCOc3ccccc3)CCOCCOCCOc3ccccc3)cc2)cc1. The summed E-state index contributed by atoms with van der Waals surface area (Å²) in [5.41, 5.74) is 1.05. The van der Waals surface area contributed by atoms with E-state index in [1.165, 1.54) is 0 Å². The third kappa shape index (κ3) is 19.9. The van der Waals surface area contributed by atoms with Crippen LogP contribution in [0.4, 0.5) is 5.69 Å². The van der Waals surface area contributed by atoms with E-state index in [-0.39, 0.29) is 0 Å². The maximum atomic E-state index is 5.89. The molecule has 0 bridgehead atoms. The molecule has 11 heteroatoms. The Balaban J connectivity index is 1.06. The number of hydrogen-bond acceptors (Lipinski definition) is 11. The summed E-state index contributed by atoms with van der Waals surface area (Å²) in [6.45, 7) is 9.45. The molecule has 0 radical (unpaired) electrons. The Bertz CT molecular complexity index is 1340. The Morgan fingerprint density at radius 3 is 0.849 bits per heavy atom. The van der Waals surface area contributed by atoms with Crippen LogP contribution in [0.15, 0.2) is 115 Å². The van der Waals surface area contributed by atoms with Gasteiger partial charge in [0.05, 0.1) is 79.3 Å². The molecular formula is C42H55NO10. The first-order chi connectivity index (χ1) is 26.4. The van der Waals surface area contributed by atoms with Crippen molar-refractivity contribution in [2.24, 2.45) is 0 Å². The molecule has 0 aliphatic carbocycles. The van der Waals surface area contributed by atoms with Crippen LogP contribution in [0.5, 0.6) is 23.0 Å². The molecule has 4 aromatic rings. The van der Waals surface area contributed by atoms with E-state index < -0.39 is 0 Å². The predicted molar refractivity (Wildman–Crippen MR) is 205 cm³/mol. The first-order valence-electron chi connectivity index (χ1n) is 18.3. The summed E-state index contributed by atoms with van der Waals surface area (Å²) in [6.07, 6.45) is 0. The first-order valence-corrected chi connectivity index (χ1v) is 18.3. The van der Waals surface area contributed by atoms with E-state index in [4.69, 9.17) is 47.4 Å². The molecule has 0 aromatic heterocycles. The second kappa shape index (κ2) is 28.2. The Labute approximate surface area is 314 Å². The van der Waals surface area contributed by atoms with Crippen molar-refractivity contribution in [1.29, 1.82) is 0 Å². The maximum Gasteiger partial charge on any atom is 0.119 e. The number of para-hydroxylation sites is 3. The van der Waals surface area contributed by atoms with Crippen molar-refractivity contribution in [2.75, 3.05) is 124 Å². The molecule has 0 N–H and O–H groups in total. The molecule has 11 nitrogen and oxygen atoms in total. The summed E-state index contributed by atoms with van der Waals surface area (Å²) in [7, 11) is 0. The van der Waals surface area contributed by atoms with E-state index in [1.54, 1.807) is 0 Å². The van der Waals surface area contributed by atoms with Gasteiger partial charge >= 0.3 is 0 Å². The predicted octanol–water partition coefficient (Wildman–Crippen LogP) is 6.21. The highest BCUT2D eigenvalue weighted by molar-refractivity contribution is 5.49. The van der Waals surface area contributed by atoms with Crippen molar-refractivity contribution in [3.05, 3.63) is 115 Å². The average molecular weight is 734 g/mol. The van der Waals surface area contributed by atoms with Crippen molar-refractivity contribution >= 4 is 5.69 Å². The molecule has 53 heavy (non-hydrogen) atoms. The van der Waals surface area contributed by atoms with E-state index in [1.807, 2.05) is 115 Å². The van der Waals surface area contributed by atoms with Crippen molar-refractivity contribution in [1.82, 2.24) is 0 Å². The lowest BCUT2D eigenvalue weighted by Crippen LogP contribution is -2.31. The van der Waals surface area contributed by atoms with Gasteiger partial charge in [0.25, 0.3) is 0 Å². The van der Waals surface area contributed by atoms with Crippen molar-refractivity contribution < 1.29 is 47.4 Å². The molecule has 4 aromatic carbocycles. The summed E-state index contributed by atoms with van der Waals surface area (Å²) in [5.74, 6) is 3.29. The monoisotopic (exact) mass is 733 g/mol. The minimum absolute atomic E-state index is 0.447. The van der Waals surface area contributed by atoms with E-state index in [2.05, 4.69) is 4.90 Å². The van der Waals surface area contributed by atoms with Crippen LogP contribution in [0, 0.1) is 0 Å². The van der Waals surface area contributed by atoms with Gasteiger partial charge in [0.1, 0.15) is 49.4 Å². The van der Waals surface area contributed by atoms with E-state index in [0.29, 0.717) is 119 Å². The summed E-state index contributed by atoms with van der Waals surface area (Å²) < 4.78 is 57.1. The zero-order valence-electron chi connectivity index (χ0n) is 30.7. The van der Waals surface area contributed by atoms with Crippen molar-refractivity contribution in [2.45, 2.75) is 0 Å². The highest BCUT2D eigenvalue weighted by Gasteiger charge is 2.08. The Morgan fingerprint density at radius 1 is 0.264 bits per heavy atom. The van der Waals surface area contributed by atoms with Gasteiger partial charge in [-0.2, -0.15) is 0 Å². The van der Waals surface area contributed by atoms with E-state index in [0.717, 1.165) is 28.7 Å². The molecular weight excluding hydrogens is 678 g/mol. The lowest BCUT2D eigenvalue weighted by atomic mass is 10.2. The quantitative estimate of drug-likeness (QED) is 0.0537. The van der Waals surface area contributed by atoms with Crippen molar-refractivity contribution in [3.63, 3.8) is 0 Å². The maximum absolute atomic E-state index is 5.89. The highest BCUT2D eigenvalue weighted by atomic mass is 16.6. The number of rotatable bonds is 32. The number of ether oxygens (including phenoxy) is 10. The molecule has 0 spiro atoms. The van der Waals surface area contributed by atoms with Crippen LogP contribution >= 0.6 is 0 Å². The summed E-state index contributed by atoms with van der Waals surface area (Å²) in [6, 6.07) is 37.2. The van der Waals surface area contributed by atoms with Gasteiger partial charge in [-0.15, -0.1) is 0 Å². The summed E-state index contributed by atoms with van der Waals surface area (Å²) in [5, 5.41) is 0. The Hall–Kier alpha value is -4.36. The highest BCUT2D eigenvalue weighted by Crippen LogP contribution is 2.19. The zero-order valence-corrected chi connectivity index (χ0v) is 30.7. The van der Waals surface area contributed by atoms with Gasteiger partial charge in [-0.05, 0) is 60.7 Å². The number of anilines is 1. The third-order valence-electron chi connectivity index (χ3n) is 7.54. The fourth-order valence-corrected chi connectivity index (χ4v) is 4.86. The summed E-state index contributed by atoms with van der Waals surface area (Å²) in [4.78, 5) is 2.24. The van der Waals surface area contributed by atoms with Crippen LogP contribution < -0.4 is 23.8 Å². The molecule has 0 saturated carbocycles. The van der Waals surface area contributed by atoms with Gasteiger partial charge in [-0.1, -0.05) is 54.6 Å². The minimum atomic E-state index is 0.447. The molecule has 0 heterocycles. The molecule has 288 valence electrons. The normalized spacial score (nSPS) is 10.9. The summed E-state index contributed by atoms with van der Waals surface area (Å²) >= 11 is 0. The molecule has 0 saturated heterocycles. The lowest BCUT2D eigenvalue weighted by molar-refractivity contribution is 0.0273. The van der Waals surface area contributed by atoms with Gasteiger partial charge in [0.2, 0.25) is 0 Å². The van der Waals surface area contributed by atoms with Gasteiger partial charge in [-0.3, -0.25) is 0 Å². The molecule has 0 aliphatic heterocycles. The largest absolute Gasteiger partial charge is 0.491 e. The fourth-order valence-electron chi connectivity index (χ4n) is 4.86. The van der Waals surface area contributed by atoms with Crippen LogP contribution in [-0.4, -0.2) is 119 Å². The Morgan fingerprint density at radius 2 is 0.528 bits per heavy atom. The minimum Gasteiger partial charge on any atom is -0.491 e. The van der Waals surface area contributed by atoms with Gasteiger partial charge in [0.15, 0.2) is 0 Å². The zero-order chi connectivity index (χ0) is 36.7. The molecule has 0 aliphatic rings. The molecule has 0 unspecified atom stereocenters. The van der Waals surface area contributed by atoms with Crippen LogP contribution in [0.3, 0.4) is 0 Å². The fraction of sp³-hybridized carbons (Fsp3) is 0.429. The van der Waals surface area contributed by atoms with Gasteiger partial charge in [-0.25, -0.2) is 0 Å². The van der Waals surface area contributed by atoms with Crippen LogP contribution in [0.2, 0.25) is 0 Å². The molecule has 0 fully saturated rings. The van der Waals surface area contributed by atoms with E-state index >= 15 is 0 Å². The number of benzene rings is 4. The Kier molecular flexibility index (Phi) is 22.0. The average Bonchev–Trinajstić information content (AvgIpc) is 3.21.